The van der Waals surface area contributed by atoms with Crippen LogP contribution in [0.5, 0.6) is 0 Å². The van der Waals surface area contributed by atoms with E-state index < -0.39 is 53.8 Å². The van der Waals surface area contributed by atoms with E-state index in [0.29, 0.717) is 56.1 Å². The molecular formula is C40H59N9O6S. The topological polar surface area (TPSA) is 206 Å². The molecule has 16 heteroatoms. The molecule has 0 bridgehead atoms. The first-order valence-electron chi connectivity index (χ1n) is 19.9. The van der Waals surface area contributed by atoms with E-state index in [1.807, 2.05) is 30.3 Å². The highest BCUT2D eigenvalue weighted by Gasteiger charge is 2.33. The van der Waals surface area contributed by atoms with Crippen LogP contribution in [0.15, 0.2) is 60.4 Å². The standard InChI is InChI=1S/C40H59N9O6S/c1-40(2,3)55-39(54)45-29-14-19-49(20-15-29)38(53)48-32(23-28-12-8-5-9-13-28)35(51)47-33(24-30-25-41-26-44-30)36(52)46-31(22-27-10-6-4-7-11-27)34(50)16-21-56-37-42-17-18-43-37/h5,8-9,12-13,17-18,25-27,29,31-34,50H,4,6-7,10-11,14-16,19-24H2,1-3H3,(H,41,44)(H,42,43)(H,45,54)(H,46,52)(H,47,51)(H,48,53)/t31-,32-,33-,34-/m0/s1. The van der Waals surface area contributed by atoms with Crippen molar-refractivity contribution in [1.82, 2.24) is 46.1 Å². The van der Waals surface area contributed by atoms with E-state index in [1.54, 1.807) is 44.3 Å². The second kappa shape index (κ2) is 21.1. The number of thioether (sulfide) groups is 1. The number of aromatic nitrogens is 4. The molecule has 56 heavy (non-hydrogen) atoms. The number of aliphatic hydroxyl groups excluding tert-OH is 1. The maximum absolute atomic E-state index is 14.2. The number of ether oxygens (including phenoxy) is 1. The van der Waals surface area contributed by atoms with E-state index in [9.17, 15) is 24.3 Å². The number of urea groups is 1. The molecule has 1 saturated carbocycles. The molecule has 15 nitrogen and oxygen atoms in total. The van der Waals surface area contributed by atoms with Crippen molar-refractivity contribution in [2.75, 3.05) is 18.8 Å². The Labute approximate surface area is 333 Å². The summed E-state index contributed by atoms with van der Waals surface area (Å²) < 4.78 is 5.39. The average Bonchev–Trinajstić information content (AvgIpc) is 3.89. The Balaban J connectivity index is 1.26. The predicted octanol–water partition coefficient (Wildman–Crippen LogP) is 4.47. The minimum absolute atomic E-state index is 0.127. The van der Waals surface area contributed by atoms with Crippen LogP contribution in [-0.2, 0) is 27.2 Å². The SMILES string of the molecule is CC(C)(C)OC(=O)NC1CCN(C(=O)N[C@@H](Cc2ccccc2)C(=O)N[C@@H](Cc2cnc[nH]2)C(=O)N[C@@H](CC2CCCCC2)[C@@H](O)CCSc2ncc[nH]2)CC1. The number of H-pyrrole nitrogens is 2. The predicted molar refractivity (Wildman–Crippen MR) is 214 cm³/mol. The molecule has 0 spiro atoms. The molecule has 5 rings (SSSR count). The number of aliphatic hydroxyl groups is 1. The molecule has 1 aliphatic heterocycles. The molecule has 306 valence electrons. The first kappa shape index (κ1) is 42.6. The molecule has 0 radical (unpaired) electrons. The fraction of sp³-hybridized carbons (Fsp3) is 0.600. The number of amides is 5. The number of likely N-dealkylation sites (tertiary alicyclic amines) is 1. The highest BCUT2D eigenvalue weighted by Crippen LogP contribution is 2.29. The molecule has 2 fully saturated rings. The lowest BCUT2D eigenvalue weighted by molar-refractivity contribution is -0.130. The van der Waals surface area contributed by atoms with Crippen molar-refractivity contribution in [2.45, 2.75) is 132 Å². The van der Waals surface area contributed by atoms with Crippen molar-refractivity contribution < 1.29 is 29.0 Å². The quantitative estimate of drug-likeness (QED) is 0.0962. The molecule has 1 saturated heterocycles. The van der Waals surface area contributed by atoms with E-state index >= 15 is 0 Å². The third-order valence-electron chi connectivity index (χ3n) is 10.2. The summed E-state index contributed by atoms with van der Waals surface area (Å²) in [5, 5.41) is 24.1. The third-order valence-corrected chi connectivity index (χ3v) is 11.2. The second-order valence-corrected chi connectivity index (χ2v) is 17.0. The molecule has 3 aromatic rings. The molecule has 0 unspecified atom stereocenters. The normalized spacial score (nSPS) is 17.6. The number of benzene rings is 1. The summed E-state index contributed by atoms with van der Waals surface area (Å²) in [4.78, 5) is 70.5. The van der Waals surface area contributed by atoms with Crippen LogP contribution in [0.2, 0.25) is 0 Å². The van der Waals surface area contributed by atoms with Gasteiger partial charge in [-0.2, -0.15) is 0 Å². The van der Waals surface area contributed by atoms with Crippen LogP contribution in [0.4, 0.5) is 9.59 Å². The number of hydrogen-bond donors (Lipinski definition) is 7. The Morgan fingerprint density at radius 3 is 2.32 bits per heavy atom. The number of hydrogen-bond acceptors (Lipinski definition) is 9. The smallest absolute Gasteiger partial charge is 0.407 e. The van der Waals surface area contributed by atoms with Crippen LogP contribution in [0, 0.1) is 5.92 Å². The lowest BCUT2D eigenvalue weighted by Crippen LogP contribution is -2.59. The molecular weight excluding hydrogens is 735 g/mol. The number of nitrogens with zero attached hydrogens (tertiary/aromatic N) is 3. The van der Waals surface area contributed by atoms with Gasteiger partial charge in [0.15, 0.2) is 5.16 Å². The molecule has 5 amide bonds. The lowest BCUT2D eigenvalue weighted by atomic mass is 9.83. The van der Waals surface area contributed by atoms with Gasteiger partial charge in [-0.1, -0.05) is 74.2 Å². The van der Waals surface area contributed by atoms with E-state index in [1.165, 1.54) is 24.5 Å². The van der Waals surface area contributed by atoms with Crippen molar-refractivity contribution in [1.29, 1.82) is 0 Å². The summed E-state index contributed by atoms with van der Waals surface area (Å²) in [6, 6.07) is 6.30. The van der Waals surface area contributed by atoms with Gasteiger partial charge >= 0.3 is 12.1 Å². The maximum Gasteiger partial charge on any atom is 0.407 e. The lowest BCUT2D eigenvalue weighted by Gasteiger charge is -2.34. The van der Waals surface area contributed by atoms with E-state index in [4.69, 9.17) is 4.74 Å². The summed E-state index contributed by atoms with van der Waals surface area (Å²) in [6.45, 7) is 6.17. The Kier molecular flexibility index (Phi) is 16.0. The van der Waals surface area contributed by atoms with Crippen LogP contribution < -0.4 is 21.3 Å². The van der Waals surface area contributed by atoms with Gasteiger partial charge in [0.1, 0.15) is 17.7 Å². The van der Waals surface area contributed by atoms with Crippen molar-refractivity contribution >= 4 is 35.7 Å². The van der Waals surface area contributed by atoms with E-state index in [2.05, 4.69) is 41.2 Å². The zero-order valence-electron chi connectivity index (χ0n) is 32.8. The fourth-order valence-corrected chi connectivity index (χ4v) is 8.12. The summed E-state index contributed by atoms with van der Waals surface area (Å²) in [6.07, 6.45) is 13.3. The Hall–Kier alpha value is -4.57. The van der Waals surface area contributed by atoms with Crippen LogP contribution in [0.1, 0.15) is 89.8 Å². The first-order chi connectivity index (χ1) is 26.9. The number of alkyl carbamates (subject to hydrolysis) is 1. The Morgan fingerprint density at radius 1 is 0.946 bits per heavy atom. The summed E-state index contributed by atoms with van der Waals surface area (Å²) in [5.41, 5.74) is 0.872. The summed E-state index contributed by atoms with van der Waals surface area (Å²) in [5.74, 6) is 0.0582. The number of aromatic amines is 2. The third kappa shape index (κ3) is 14.2. The Morgan fingerprint density at radius 2 is 1.66 bits per heavy atom. The van der Waals surface area contributed by atoms with Crippen molar-refractivity contribution in [3.05, 3.63) is 66.5 Å². The number of carbonyl (C=O) groups excluding carboxylic acids is 4. The van der Waals surface area contributed by atoms with Gasteiger partial charge < -0.3 is 46.0 Å². The van der Waals surface area contributed by atoms with Crippen molar-refractivity contribution in [3.8, 4) is 0 Å². The molecule has 4 atom stereocenters. The minimum Gasteiger partial charge on any atom is -0.444 e. The van der Waals surface area contributed by atoms with Gasteiger partial charge in [-0.15, -0.1) is 0 Å². The van der Waals surface area contributed by atoms with Gasteiger partial charge in [0.2, 0.25) is 11.8 Å². The van der Waals surface area contributed by atoms with Gasteiger partial charge in [0, 0.05) is 62.0 Å². The first-order valence-corrected chi connectivity index (χ1v) is 20.9. The molecule has 2 aliphatic rings. The van der Waals surface area contributed by atoms with Crippen molar-refractivity contribution in [2.24, 2.45) is 5.92 Å². The summed E-state index contributed by atoms with van der Waals surface area (Å²) in [7, 11) is 0. The highest BCUT2D eigenvalue weighted by molar-refractivity contribution is 7.99. The molecule has 1 aliphatic carbocycles. The average molecular weight is 794 g/mol. The number of nitrogens with one attached hydrogen (secondary N) is 6. The Bertz CT molecular complexity index is 1640. The largest absolute Gasteiger partial charge is 0.444 e. The van der Waals surface area contributed by atoms with E-state index in [0.717, 1.165) is 36.4 Å². The zero-order chi connectivity index (χ0) is 39.9. The fourth-order valence-electron chi connectivity index (χ4n) is 7.28. The molecule has 3 heterocycles. The number of rotatable bonds is 17. The van der Waals surface area contributed by atoms with Crippen molar-refractivity contribution in [3.63, 3.8) is 0 Å². The van der Waals surface area contributed by atoms with Crippen LogP contribution in [0.3, 0.4) is 0 Å². The van der Waals surface area contributed by atoms with Crippen LogP contribution >= 0.6 is 11.8 Å². The highest BCUT2D eigenvalue weighted by atomic mass is 32.2. The molecule has 7 N–H and O–H groups in total. The van der Waals surface area contributed by atoms with Crippen LogP contribution in [-0.4, -0.2) is 109 Å². The van der Waals surface area contributed by atoms with E-state index in [-0.39, 0.29) is 18.9 Å². The molecule has 2 aromatic heterocycles. The maximum atomic E-state index is 14.2. The van der Waals surface area contributed by atoms with Gasteiger partial charge in [0.05, 0.1) is 18.5 Å². The monoisotopic (exact) mass is 793 g/mol. The van der Waals surface area contributed by atoms with Gasteiger partial charge in [-0.05, 0) is 57.9 Å². The summed E-state index contributed by atoms with van der Waals surface area (Å²) >= 11 is 1.51. The minimum atomic E-state index is -1.02. The van der Waals surface area contributed by atoms with Gasteiger partial charge in [-0.25, -0.2) is 19.6 Å². The number of piperidine rings is 1. The second-order valence-electron chi connectivity index (χ2n) is 15.9. The number of carbonyl (C=O) groups is 4. The van der Waals surface area contributed by atoms with Gasteiger partial charge in [-0.3, -0.25) is 9.59 Å². The van der Waals surface area contributed by atoms with Gasteiger partial charge in [0.25, 0.3) is 0 Å². The van der Waals surface area contributed by atoms with Crippen LogP contribution in [0.25, 0.3) is 0 Å². The zero-order valence-corrected chi connectivity index (χ0v) is 33.6. The molecule has 1 aromatic carbocycles. The number of imidazole rings is 2.